The first kappa shape index (κ1) is 9.97. The number of hydrogen-bond acceptors (Lipinski definition) is 2. The minimum absolute atomic E-state index is 0.194. The fourth-order valence-corrected chi connectivity index (χ4v) is 2.42. The van der Waals surface area contributed by atoms with Gasteiger partial charge in [0.2, 0.25) is 5.91 Å². The molecule has 14 heavy (non-hydrogen) atoms. The summed E-state index contributed by atoms with van der Waals surface area (Å²) in [6.07, 6.45) is 4.86. The largest absolute Gasteiger partial charge is 0.393 e. The number of carbonyl (C=O) groups is 1. The Labute approximate surface area is 85.1 Å². The average molecular weight is 197 g/mol. The van der Waals surface area contributed by atoms with Gasteiger partial charge < -0.3 is 10.0 Å². The molecule has 1 saturated carbocycles. The van der Waals surface area contributed by atoms with Gasteiger partial charge in [-0.25, -0.2) is 0 Å². The minimum atomic E-state index is -0.221. The molecule has 0 spiro atoms. The molecule has 1 amide bonds. The molecule has 1 saturated heterocycles. The van der Waals surface area contributed by atoms with Crippen LogP contribution in [0.15, 0.2) is 0 Å². The number of piperidine rings is 1. The molecule has 3 heteroatoms. The van der Waals surface area contributed by atoms with Crippen LogP contribution >= 0.6 is 0 Å². The van der Waals surface area contributed by atoms with E-state index in [9.17, 15) is 9.90 Å². The number of aliphatic hydroxyl groups excluding tert-OH is 1. The van der Waals surface area contributed by atoms with Crippen molar-refractivity contribution in [1.29, 1.82) is 0 Å². The Morgan fingerprint density at radius 2 is 2.07 bits per heavy atom. The van der Waals surface area contributed by atoms with Crippen LogP contribution in [0, 0.1) is 11.8 Å². The molecule has 1 N–H and O–H groups in total. The summed E-state index contributed by atoms with van der Waals surface area (Å²) < 4.78 is 0. The highest BCUT2D eigenvalue weighted by molar-refractivity contribution is 5.76. The number of aliphatic hydroxyl groups is 1. The first-order chi connectivity index (χ1) is 6.68. The molecule has 80 valence electrons. The zero-order chi connectivity index (χ0) is 10.1. The number of nitrogens with zero attached hydrogens (tertiary/aromatic N) is 1. The molecule has 2 aliphatic rings. The maximum Gasteiger partial charge on any atom is 0.222 e. The molecule has 2 fully saturated rings. The van der Waals surface area contributed by atoms with Crippen LogP contribution in [0.3, 0.4) is 0 Å². The first-order valence-electron chi connectivity index (χ1n) is 5.60. The van der Waals surface area contributed by atoms with Crippen molar-refractivity contribution >= 4 is 5.91 Å². The summed E-state index contributed by atoms with van der Waals surface area (Å²) in [4.78, 5) is 13.2. The summed E-state index contributed by atoms with van der Waals surface area (Å²) in [6.45, 7) is 0.813. The lowest BCUT2D eigenvalue weighted by atomic mass is 9.74. The molecule has 1 aliphatic carbocycles. The van der Waals surface area contributed by atoms with Gasteiger partial charge in [-0.3, -0.25) is 4.79 Å². The van der Waals surface area contributed by atoms with Gasteiger partial charge in [0, 0.05) is 20.0 Å². The zero-order valence-electron chi connectivity index (χ0n) is 8.78. The van der Waals surface area contributed by atoms with Crippen molar-refractivity contribution < 1.29 is 9.90 Å². The molecule has 0 aromatic carbocycles. The van der Waals surface area contributed by atoms with Crippen molar-refractivity contribution in [3.05, 3.63) is 0 Å². The Morgan fingerprint density at radius 3 is 2.57 bits per heavy atom. The Morgan fingerprint density at radius 1 is 1.36 bits per heavy atom. The van der Waals surface area contributed by atoms with Crippen molar-refractivity contribution in [1.82, 2.24) is 4.90 Å². The van der Waals surface area contributed by atoms with Crippen molar-refractivity contribution in [2.24, 2.45) is 11.8 Å². The highest BCUT2D eigenvalue weighted by atomic mass is 16.3. The molecule has 1 aliphatic heterocycles. The van der Waals surface area contributed by atoms with Gasteiger partial charge >= 0.3 is 0 Å². The third-order valence-electron chi connectivity index (χ3n) is 3.81. The fourth-order valence-electron chi connectivity index (χ4n) is 2.42. The van der Waals surface area contributed by atoms with Crippen molar-refractivity contribution in [2.75, 3.05) is 13.6 Å². The third kappa shape index (κ3) is 1.78. The predicted molar refractivity (Wildman–Crippen MR) is 53.7 cm³/mol. The number of carbonyl (C=O) groups excluding carboxylic acids is 1. The maximum atomic E-state index is 11.5. The summed E-state index contributed by atoms with van der Waals surface area (Å²) in [5, 5.41) is 10.0. The Hall–Kier alpha value is -0.570. The zero-order valence-corrected chi connectivity index (χ0v) is 8.78. The first-order valence-corrected chi connectivity index (χ1v) is 5.60. The van der Waals surface area contributed by atoms with Crippen molar-refractivity contribution in [3.63, 3.8) is 0 Å². The van der Waals surface area contributed by atoms with Gasteiger partial charge in [0.05, 0.1) is 6.10 Å². The summed E-state index contributed by atoms with van der Waals surface area (Å²) >= 11 is 0. The second kappa shape index (κ2) is 3.89. The number of rotatable bonds is 2. The molecule has 1 heterocycles. The molecule has 0 aromatic rings. The quantitative estimate of drug-likeness (QED) is 0.718. The van der Waals surface area contributed by atoms with E-state index in [1.54, 1.807) is 4.90 Å². The summed E-state index contributed by atoms with van der Waals surface area (Å²) in [7, 11) is 1.84. The lowest BCUT2D eigenvalue weighted by Crippen LogP contribution is -2.43. The average Bonchev–Trinajstić information content (AvgIpc) is 2.06. The molecular weight excluding hydrogens is 178 g/mol. The van der Waals surface area contributed by atoms with Gasteiger partial charge in [0.25, 0.3) is 0 Å². The predicted octanol–water partition coefficient (Wildman–Crippen LogP) is 1.02. The van der Waals surface area contributed by atoms with Crippen LogP contribution in [0.4, 0.5) is 0 Å². The van der Waals surface area contributed by atoms with Gasteiger partial charge in [-0.2, -0.15) is 0 Å². The fraction of sp³-hybridized carbons (Fsp3) is 0.909. The highest BCUT2D eigenvalue weighted by Gasteiger charge is 2.35. The Bertz CT molecular complexity index is 225. The minimum Gasteiger partial charge on any atom is -0.393 e. The molecule has 2 unspecified atom stereocenters. The topological polar surface area (TPSA) is 40.5 Å². The summed E-state index contributed by atoms with van der Waals surface area (Å²) in [6, 6.07) is 0. The van der Waals surface area contributed by atoms with Gasteiger partial charge in [-0.15, -0.1) is 0 Å². The van der Waals surface area contributed by atoms with Crippen LogP contribution < -0.4 is 0 Å². The van der Waals surface area contributed by atoms with Crippen LogP contribution in [0.2, 0.25) is 0 Å². The Balaban J connectivity index is 1.88. The van der Waals surface area contributed by atoms with E-state index >= 15 is 0 Å². The molecule has 3 nitrogen and oxygen atoms in total. The summed E-state index contributed by atoms with van der Waals surface area (Å²) in [5.41, 5.74) is 0. The van der Waals surface area contributed by atoms with E-state index < -0.39 is 0 Å². The SMILES string of the molecule is CN1CCC(C(O)C2CCC2)CC1=O. The van der Waals surface area contributed by atoms with Gasteiger partial charge in [0.1, 0.15) is 0 Å². The number of likely N-dealkylation sites (tertiary alicyclic amines) is 1. The van der Waals surface area contributed by atoms with Crippen LogP contribution in [0.1, 0.15) is 32.1 Å². The van der Waals surface area contributed by atoms with E-state index in [-0.39, 0.29) is 17.9 Å². The van der Waals surface area contributed by atoms with E-state index in [1.807, 2.05) is 7.05 Å². The normalized spacial score (nSPS) is 31.4. The Kier molecular flexibility index (Phi) is 2.77. The number of hydrogen-bond donors (Lipinski definition) is 1. The van der Waals surface area contributed by atoms with Crippen LogP contribution in [-0.4, -0.2) is 35.6 Å². The van der Waals surface area contributed by atoms with Gasteiger partial charge in [-0.1, -0.05) is 6.42 Å². The lowest BCUT2D eigenvalue weighted by molar-refractivity contribution is -0.136. The van der Waals surface area contributed by atoms with Crippen LogP contribution in [-0.2, 0) is 4.79 Å². The molecular formula is C11H19NO2. The molecule has 0 radical (unpaired) electrons. The van der Waals surface area contributed by atoms with Crippen molar-refractivity contribution in [3.8, 4) is 0 Å². The second-order valence-corrected chi connectivity index (χ2v) is 4.75. The van der Waals surface area contributed by atoms with E-state index in [2.05, 4.69) is 0 Å². The van der Waals surface area contributed by atoms with E-state index in [0.29, 0.717) is 12.3 Å². The van der Waals surface area contributed by atoms with E-state index in [1.165, 1.54) is 6.42 Å². The van der Waals surface area contributed by atoms with E-state index in [0.717, 1.165) is 25.8 Å². The van der Waals surface area contributed by atoms with Gasteiger partial charge in [-0.05, 0) is 31.1 Å². The smallest absolute Gasteiger partial charge is 0.222 e. The van der Waals surface area contributed by atoms with E-state index in [4.69, 9.17) is 0 Å². The summed E-state index contributed by atoms with van der Waals surface area (Å²) in [5.74, 6) is 0.903. The van der Waals surface area contributed by atoms with Crippen LogP contribution in [0.5, 0.6) is 0 Å². The molecule has 0 aromatic heterocycles. The molecule has 2 atom stereocenters. The lowest BCUT2D eigenvalue weighted by Gasteiger charge is -2.38. The standard InChI is InChI=1S/C11H19NO2/c1-12-6-5-9(7-10(12)13)11(14)8-3-2-4-8/h8-9,11,14H,2-7H2,1H3. The monoisotopic (exact) mass is 197 g/mol. The number of amides is 1. The molecule has 0 bridgehead atoms. The molecule has 2 rings (SSSR count). The highest BCUT2D eigenvalue weighted by Crippen LogP contribution is 2.35. The second-order valence-electron chi connectivity index (χ2n) is 4.75. The maximum absolute atomic E-state index is 11.5. The van der Waals surface area contributed by atoms with Crippen molar-refractivity contribution in [2.45, 2.75) is 38.2 Å². The van der Waals surface area contributed by atoms with Crippen LogP contribution in [0.25, 0.3) is 0 Å². The van der Waals surface area contributed by atoms with Gasteiger partial charge in [0.15, 0.2) is 0 Å². The third-order valence-corrected chi connectivity index (χ3v) is 3.81.